The van der Waals surface area contributed by atoms with Crippen LogP contribution in [0.1, 0.15) is 6.92 Å². The standard InChI is InChI=1S/C14H15N3OS3/c1-3-9-15-12(18)10(2)20-13-16-17(14(19)21-13)11-7-5-4-6-8-11/h3-8,10H,1,9H2,2H3,(H,15,18)/t10-/m0/s1. The molecule has 1 aromatic heterocycles. The normalized spacial score (nSPS) is 11.9. The van der Waals surface area contributed by atoms with Crippen molar-refractivity contribution in [1.82, 2.24) is 15.1 Å². The van der Waals surface area contributed by atoms with Gasteiger partial charge in [0.25, 0.3) is 0 Å². The zero-order valence-corrected chi connectivity index (χ0v) is 13.9. The fourth-order valence-corrected chi connectivity index (χ4v) is 4.09. The maximum atomic E-state index is 11.8. The van der Waals surface area contributed by atoms with Crippen LogP contribution in [0.4, 0.5) is 0 Å². The molecular formula is C14H15N3OS3. The second kappa shape index (κ2) is 7.53. The molecular weight excluding hydrogens is 322 g/mol. The van der Waals surface area contributed by atoms with E-state index in [1.54, 1.807) is 10.8 Å². The van der Waals surface area contributed by atoms with Gasteiger partial charge >= 0.3 is 0 Å². The Morgan fingerprint density at radius 2 is 2.29 bits per heavy atom. The fourth-order valence-electron chi connectivity index (χ4n) is 1.56. The van der Waals surface area contributed by atoms with E-state index in [0.717, 1.165) is 10.0 Å². The second-order valence-corrected chi connectivity index (χ2v) is 7.39. The molecule has 1 aromatic carbocycles. The highest BCUT2D eigenvalue weighted by molar-refractivity contribution is 8.02. The van der Waals surface area contributed by atoms with Crippen LogP contribution in [-0.4, -0.2) is 27.5 Å². The van der Waals surface area contributed by atoms with E-state index in [2.05, 4.69) is 17.0 Å². The molecule has 0 unspecified atom stereocenters. The van der Waals surface area contributed by atoms with E-state index < -0.39 is 0 Å². The molecule has 4 nitrogen and oxygen atoms in total. The lowest BCUT2D eigenvalue weighted by atomic mass is 10.3. The molecule has 2 rings (SSSR count). The molecule has 0 fully saturated rings. The molecule has 1 N–H and O–H groups in total. The van der Waals surface area contributed by atoms with Crippen molar-refractivity contribution < 1.29 is 4.79 Å². The number of carbonyl (C=O) groups is 1. The SMILES string of the molecule is C=CCNC(=O)[C@H](C)Sc1nn(-c2ccccc2)c(=S)s1. The number of benzene rings is 1. The van der Waals surface area contributed by atoms with Crippen molar-refractivity contribution in [1.29, 1.82) is 0 Å². The maximum absolute atomic E-state index is 11.8. The molecule has 0 spiro atoms. The summed E-state index contributed by atoms with van der Waals surface area (Å²) in [6, 6.07) is 9.72. The Kier molecular flexibility index (Phi) is 5.72. The molecule has 0 aliphatic carbocycles. The van der Waals surface area contributed by atoms with Gasteiger partial charge in [0.05, 0.1) is 10.9 Å². The Bertz CT molecular complexity index is 678. The first-order valence-corrected chi connectivity index (χ1v) is 8.43. The summed E-state index contributed by atoms with van der Waals surface area (Å²) in [4.78, 5) is 11.8. The van der Waals surface area contributed by atoms with Gasteiger partial charge in [-0.05, 0) is 31.3 Å². The Labute approximate surface area is 136 Å². The van der Waals surface area contributed by atoms with Gasteiger partial charge in [-0.15, -0.1) is 11.7 Å². The lowest BCUT2D eigenvalue weighted by Gasteiger charge is -2.08. The summed E-state index contributed by atoms with van der Waals surface area (Å²) in [5, 5.41) is 7.02. The van der Waals surface area contributed by atoms with Crippen LogP contribution in [0.2, 0.25) is 0 Å². The summed E-state index contributed by atoms with van der Waals surface area (Å²) in [5.41, 5.74) is 0.925. The first-order chi connectivity index (χ1) is 10.1. The van der Waals surface area contributed by atoms with Crippen molar-refractivity contribution in [2.24, 2.45) is 0 Å². The zero-order valence-electron chi connectivity index (χ0n) is 11.5. The van der Waals surface area contributed by atoms with Crippen molar-refractivity contribution in [2.75, 3.05) is 6.54 Å². The third-order valence-electron chi connectivity index (χ3n) is 2.60. The van der Waals surface area contributed by atoms with E-state index >= 15 is 0 Å². The molecule has 0 radical (unpaired) electrons. The molecule has 21 heavy (non-hydrogen) atoms. The zero-order chi connectivity index (χ0) is 15.2. The number of aromatic nitrogens is 2. The van der Waals surface area contributed by atoms with Crippen molar-refractivity contribution in [3.05, 3.63) is 46.9 Å². The monoisotopic (exact) mass is 337 g/mol. The lowest BCUT2D eigenvalue weighted by molar-refractivity contribution is -0.120. The number of carbonyl (C=O) groups excluding carboxylic acids is 1. The topological polar surface area (TPSA) is 46.9 Å². The number of nitrogens with one attached hydrogen (secondary N) is 1. The molecule has 0 saturated heterocycles. The van der Waals surface area contributed by atoms with Gasteiger partial charge in [0.2, 0.25) is 5.91 Å². The van der Waals surface area contributed by atoms with Crippen LogP contribution in [0.5, 0.6) is 0 Å². The molecule has 1 amide bonds. The Morgan fingerprint density at radius 3 is 2.95 bits per heavy atom. The molecule has 0 aliphatic rings. The van der Waals surface area contributed by atoms with Crippen LogP contribution in [0.15, 0.2) is 47.3 Å². The fraction of sp³-hybridized carbons (Fsp3) is 0.214. The minimum Gasteiger partial charge on any atom is -0.352 e. The number of amides is 1. The maximum Gasteiger partial charge on any atom is 0.233 e. The average molecular weight is 337 g/mol. The van der Waals surface area contributed by atoms with Crippen LogP contribution in [0, 0.1) is 3.95 Å². The summed E-state index contributed by atoms with van der Waals surface area (Å²) in [6.07, 6.45) is 1.66. The van der Waals surface area contributed by atoms with Crippen LogP contribution >= 0.6 is 35.3 Å². The molecule has 0 aliphatic heterocycles. The summed E-state index contributed by atoms with van der Waals surface area (Å²) < 4.78 is 3.17. The van der Waals surface area contributed by atoms with Crippen molar-refractivity contribution in [2.45, 2.75) is 16.5 Å². The van der Waals surface area contributed by atoms with E-state index in [0.29, 0.717) is 10.5 Å². The van der Waals surface area contributed by atoms with Crippen LogP contribution in [0.25, 0.3) is 5.69 Å². The molecule has 1 heterocycles. The first kappa shape index (κ1) is 15.9. The van der Waals surface area contributed by atoms with Gasteiger partial charge in [-0.25, -0.2) is 4.68 Å². The third-order valence-corrected chi connectivity index (χ3v) is 5.01. The predicted octanol–water partition coefficient (Wildman–Crippen LogP) is 3.45. The van der Waals surface area contributed by atoms with Gasteiger partial charge in [-0.2, -0.15) is 0 Å². The number of rotatable bonds is 6. The minimum absolute atomic E-state index is 0.0349. The summed E-state index contributed by atoms with van der Waals surface area (Å²) in [7, 11) is 0. The van der Waals surface area contributed by atoms with Crippen molar-refractivity contribution >= 4 is 41.2 Å². The van der Waals surface area contributed by atoms with E-state index in [9.17, 15) is 4.79 Å². The molecule has 1 atom stereocenters. The van der Waals surface area contributed by atoms with Gasteiger partial charge < -0.3 is 5.32 Å². The number of hydrogen-bond donors (Lipinski definition) is 1. The number of nitrogens with zero attached hydrogens (tertiary/aromatic N) is 2. The van der Waals surface area contributed by atoms with E-state index in [4.69, 9.17) is 12.2 Å². The summed E-state index contributed by atoms with van der Waals surface area (Å²) >= 11 is 8.15. The van der Waals surface area contributed by atoms with E-state index in [-0.39, 0.29) is 11.2 Å². The van der Waals surface area contributed by atoms with Gasteiger partial charge in [-0.3, -0.25) is 4.79 Å². The average Bonchev–Trinajstić information content (AvgIpc) is 2.86. The quantitative estimate of drug-likeness (QED) is 0.498. The molecule has 2 aromatic rings. The Hall–Kier alpha value is -1.44. The summed E-state index contributed by atoms with van der Waals surface area (Å²) in [6.45, 7) is 5.89. The Balaban J connectivity index is 2.11. The summed E-state index contributed by atoms with van der Waals surface area (Å²) in [5.74, 6) is -0.0349. The number of hydrogen-bond acceptors (Lipinski definition) is 5. The van der Waals surface area contributed by atoms with Crippen LogP contribution in [0.3, 0.4) is 0 Å². The van der Waals surface area contributed by atoms with Gasteiger partial charge in [0.15, 0.2) is 8.29 Å². The van der Waals surface area contributed by atoms with Gasteiger partial charge in [0, 0.05) is 6.54 Å². The van der Waals surface area contributed by atoms with Crippen LogP contribution in [-0.2, 0) is 4.79 Å². The van der Waals surface area contributed by atoms with Gasteiger partial charge in [0.1, 0.15) is 0 Å². The molecule has 0 saturated carbocycles. The minimum atomic E-state index is -0.227. The van der Waals surface area contributed by atoms with Crippen molar-refractivity contribution in [3.8, 4) is 5.69 Å². The number of thioether (sulfide) groups is 1. The Morgan fingerprint density at radius 1 is 1.57 bits per heavy atom. The third kappa shape index (κ3) is 4.26. The largest absolute Gasteiger partial charge is 0.352 e. The van der Waals surface area contributed by atoms with Gasteiger partial charge in [-0.1, -0.05) is 47.4 Å². The second-order valence-electron chi connectivity index (χ2n) is 4.18. The first-order valence-electron chi connectivity index (χ1n) is 6.32. The highest BCUT2D eigenvalue weighted by atomic mass is 32.2. The molecule has 0 bridgehead atoms. The lowest BCUT2D eigenvalue weighted by Crippen LogP contribution is -2.30. The van der Waals surface area contributed by atoms with Crippen molar-refractivity contribution in [3.63, 3.8) is 0 Å². The molecule has 7 heteroatoms. The van der Waals surface area contributed by atoms with E-state index in [1.807, 2.05) is 37.3 Å². The predicted molar refractivity (Wildman–Crippen MR) is 90.8 cm³/mol. The number of para-hydroxylation sites is 1. The highest BCUT2D eigenvalue weighted by Gasteiger charge is 2.16. The van der Waals surface area contributed by atoms with Crippen LogP contribution < -0.4 is 5.32 Å². The highest BCUT2D eigenvalue weighted by Crippen LogP contribution is 2.27. The molecule has 110 valence electrons. The smallest absolute Gasteiger partial charge is 0.233 e. The van der Waals surface area contributed by atoms with E-state index in [1.165, 1.54) is 23.1 Å².